The van der Waals surface area contributed by atoms with Crippen molar-refractivity contribution >= 4 is 0 Å². The summed E-state index contributed by atoms with van der Waals surface area (Å²) in [5, 5.41) is 2.75. The maximum Gasteiger partial charge on any atom is 0.272 e. The second kappa shape index (κ2) is 5.55. The molecule has 6 heteroatoms. The molecule has 0 atom stereocenters. The lowest BCUT2D eigenvalue weighted by Crippen LogP contribution is -2.12. The van der Waals surface area contributed by atoms with Crippen LogP contribution < -0.4 is 10.1 Å². The highest BCUT2D eigenvalue weighted by Crippen LogP contribution is 2.17. The van der Waals surface area contributed by atoms with Crippen molar-refractivity contribution in [2.75, 3.05) is 13.7 Å². The zero-order chi connectivity index (χ0) is 11.3. The summed E-state index contributed by atoms with van der Waals surface area (Å²) in [6.07, 6.45) is -1.32. The Kier molecular flexibility index (Phi) is 4.36. The van der Waals surface area contributed by atoms with Crippen molar-refractivity contribution in [3.63, 3.8) is 0 Å². The molecule has 15 heavy (non-hydrogen) atoms. The van der Waals surface area contributed by atoms with Gasteiger partial charge in [0.2, 0.25) is 0 Å². The van der Waals surface area contributed by atoms with Crippen LogP contribution in [0.15, 0.2) is 12.3 Å². The minimum Gasteiger partial charge on any atom is -0.470 e. The fourth-order valence-corrected chi connectivity index (χ4v) is 1.03. The average molecular weight is 220 g/mol. The first kappa shape index (κ1) is 11.8. The molecule has 1 aromatic heterocycles. The monoisotopic (exact) mass is 220 g/mol. The minimum atomic E-state index is -2.64. The average Bonchev–Trinajstić information content (AvgIpc) is 2.19. The lowest BCUT2D eigenvalue weighted by atomic mass is 10.2. The smallest absolute Gasteiger partial charge is 0.272 e. The van der Waals surface area contributed by atoms with Gasteiger partial charge in [-0.25, -0.2) is 18.2 Å². The molecule has 0 amide bonds. The maximum absolute atomic E-state index is 13.4. The quantitative estimate of drug-likeness (QED) is 0.818. The van der Waals surface area contributed by atoms with Gasteiger partial charge in [0.1, 0.15) is 0 Å². The number of hydrogen-bond donors (Lipinski definition) is 1. The van der Waals surface area contributed by atoms with E-state index in [1.807, 2.05) is 0 Å². The third-order valence-corrected chi connectivity index (χ3v) is 1.65. The Morgan fingerprint density at radius 1 is 1.53 bits per heavy atom. The van der Waals surface area contributed by atoms with Gasteiger partial charge in [-0.05, 0) is 13.1 Å². The summed E-state index contributed by atoms with van der Waals surface area (Å²) < 4.78 is 41.6. The standard InChI is InChI=1S/C9H11F3N2O/c1-13-4-6-2-3-14-9(8(6)12)15-5-7(10)11/h2-3,7,13H,4-5H2,1H3. The Morgan fingerprint density at radius 2 is 2.27 bits per heavy atom. The molecule has 1 aromatic rings. The number of pyridine rings is 1. The van der Waals surface area contributed by atoms with Crippen LogP contribution in [0.1, 0.15) is 5.56 Å². The number of halogens is 3. The van der Waals surface area contributed by atoms with Crippen LogP contribution >= 0.6 is 0 Å². The minimum absolute atomic E-state index is 0.291. The molecule has 0 fully saturated rings. The largest absolute Gasteiger partial charge is 0.470 e. The highest BCUT2D eigenvalue weighted by Gasteiger charge is 2.12. The van der Waals surface area contributed by atoms with Gasteiger partial charge in [0.15, 0.2) is 12.4 Å². The van der Waals surface area contributed by atoms with Crippen LogP contribution in [0, 0.1) is 5.82 Å². The molecule has 0 aliphatic heterocycles. The number of aromatic nitrogens is 1. The zero-order valence-corrected chi connectivity index (χ0v) is 8.14. The summed E-state index contributed by atoms with van der Waals surface area (Å²) in [6, 6.07) is 1.46. The molecule has 0 aliphatic carbocycles. The number of hydrogen-bond acceptors (Lipinski definition) is 3. The number of alkyl halides is 2. The SMILES string of the molecule is CNCc1ccnc(OCC(F)F)c1F. The van der Waals surface area contributed by atoms with Gasteiger partial charge >= 0.3 is 0 Å². The van der Waals surface area contributed by atoms with E-state index in [-0.39, 0.29) is 5.88 Å². The van der Waals surface area contributed by atoms with Crippen molar-refractivity contribution < 1.29 is 17.9 Å². The topological polar surface area (TPSA) is 34.2 Å². The molecule has 1 N–H and O–H groups in total. The fraction of sp³-hybridized carbons (Fsp3) is 0.444. The van der Waals surface area contributed by atoms with Gasteiger partial charge in [0.25, 0.3) is 12.3 Å². The molecule has 1 rings (SSSR count). The molecule has 0 bridgehead atoms. The first-order valence-corrected chi connectivity index (χ1v) is 4.34. The Bertz CT molecular complexity index is 320. The van der Waals surface area contributed by atoms with E-state index in [1.165, 1.54) is 12.3 Å². The molecule has 0 saturated carbocycles. The van der Waals surface area contributed by atoms with Gasteiger partial charge in [-0.15, -0.1) is 0 Å². The van der Waals surface area contributed by atoms with E-state index >= 15 is 0 Å². The first-order valence-electron chi connectivity index (χ1n) is 4.34. The third kappa shape index (κ3) is 3.39. The van der Waals surface area contributed by atoms with Gasteiger partial charge < -0.3 is 10.1 Å². The third-order valence-electron chi connectivity index (χ3n) is 1.65. The van der Waals surface area contributed by atoms with Crippen molar-refractivity contribution in [2.24, 2.45) is 0 Å². The van der Waals surface area contributed by atoms with Crippen LogP contribution in [0.3, 0.4) is 0 Å². The predicted molar refractivity (Wildman–Crippen MR) is 48.5 cm³/mol. The summed E-state index contributed by atoms with van der Waals surface area (Å²) in [4.78, 5) is 3.53. The Labute approximate surface area is 85.3 Å². The van der Waals surface area contributed by atoms with Gasteiger partial charge in [0, 0.05) is 18.3 Å². The molecular weight excluding hydrogens is 209 g/mol. The van der Waals surface area contributed by atoms with Crippen LogP contribution in [0.2, 0.25) is 0 Å². The summed E-state index contributed by atoms with van der Waals surface area (Å²) in [5.74, 6) is -1.09. The van der Waals surface area contributed by atoms with Crippen LogP contribution in [0.25, 0.3) is 0 Å². The molecular formula is C9H11F3N2O. The second-order valence-electron chi connectivity index (χ2n) is 2.82. The molecule has 84 valence electrons. The van der Waals surface area contributed by atoms with Crippen LogP contribution in [0.5, 0.6) is 5.88 Å². The molecule has 0 saturated heterocycles. The van der Waals surface area contributed by atoms with Gasteiger partial charge in [-0.3, -0.25) is 0 Å². The zero-order valence-electron chi connectivity index (χ0n) is 8.14. The summed E-state index contributed by atoms with van der Waals surface area (Å²) in [5.41, 5.74) is 0.330. The van der Waals surface area contributed by atoms with Crippen molar-refractivity contribution in [3.05, 3.63) is 23.6 Å². The number of rotatable bonds is 5. The van der Waals surface area contributed by atoms with Crippen molar-refractivity contribution in [3.8, 4) is 5.88 Å². The van der Waals surface area contributed by atoms with Crippen molar-refractivity contribution in [1.82, 2.24) is 10.3 Å². The van der Waals surface area contributed by atoms with E-state index in [4.69, 9.17) is 0 Å². The number of nitrogens with zero attached hydrogens (tertiary/aromatic N) is 1. The Morgan fingerprint density at radius 3 is 2.87 bits per heavy atom. The van der Waals surface area contributed by atoms with E-state index < -0.39 is 18.8 Å². The lowest BCUT2D eigenvalue weighted by molar-refractivity contribution is 0.0772. The summed E-state index contributed by atoms with van der Waals surface area (Å²) in [7, 11) is 1.65. The Hall–Kier alpha value is -1.30. The lowest BCUT2D eigenvalue weighted by Gasteiger charge is -2.08. The van der Waals surface area contributed by atoms with E-state index in [0.29, 0.717) is 12.1 Å². The number of nitrogens with one attached hydrogen (secondary N) is 1. The summed E-state index contributed by atoms with van der Waals surface area (Å²) >= 11 is 0. The molecule has 0 unspecified atom stereocenters. The van der Waals surface area contributed by atoms with E-state index in [9.17, 15) is 13.2 Å². The maximum atomic E-state index is 13.4. The van der Waals surface area contributed by atoms with E-state index in [2.05, 4.69) is 15.0 Å². The van der Waals surface area contributed by atoms with Crippen LogP contribution in [-0.2, 0) is 6.54 Å². The van der Waals surface area contributed by atoms with E-state index in [0.717, 1.165) is 0 Å². The molecule has 3 nitrogen and oxygen atoms in total. The molecule has 0 radical (unpaired) electrons. The number of ether oxygens (including phenoxy) is 1. The summed E-state index contributed by atoms with van der Waals surface area (Å²) in [6.45, 7) is -0.563. The first-order chi connectivity index (χ1) is 7.15. The van der Waals surface area contributed by atoms with Crippen LogP contribution in [0.4, 0.5) is 13.2 Å². The van der Waals surface area contributed by atoms with Gasteiger partial charge in [-0.1, -0.05) is 0 Å². The molecule has 0 spiro atoms. The molecule has 0 aliphatic rings. The highest BCUT2D eigenvalue weighted by atomic mass is 19.3. The molecule has 0 aromatic carbocycles. The Balaban J connectivity index is 2.75. The fourth-order valence-electron chi connectivity index (χ4n) is 1.03. The highest BCUT2D eigenvalue weighted by molar-refractivity contribution is 5.23. The van der Waals surface area contributed by atoms with Gasteiger partial charge in [0.05, 0.1) is 0 Å². The van der Waals surface area contributed by atoms with Crippen LogP contribution in [-0.4, -0.2) is 25.1 Å². The van der Waals surface area contributed by atoms with Crippen molar-refractivity contribution in [1.29, 1.82) is 0 Å². The predicted octanol–water partition coefficient (Wildman–Crippen LogP) is 1.58. The van der Waals surface area contributed by atoms with Gasteiger partial charge in [-0.2, -0.15) is 0 Å². The van der Waals surface area contributed by atoms with Crippen molar-refractivity contribution in [2.45, 2.75) is 13.0 Å². The second-order valence-corrected chi connectivity index (χ2v) is 2.82. The van der Waals surface area contributed by atoms with E-state index in [1.54, 1.807) is 7.05 Å². The molecule has 1 heterocycles. The normalized spacial score (nSPS) is 10.7.